The van der Waals surface area contributed by atoms with E-state index in [-0.39, 0.29) is 32.7 Å². The fourth-order valence-corrected chi connectivity index (χ4v) is 2.27. The van der Waals surface area contributed by atoms with E-state index >= 15 is 0 Å². The molecule has 0 bridgehead atoms. The Bertz CT molecular complexity index is 386. The van der Waals surface area contributed by atoms with Gasteiger partial charge in [0.25, 0.3) is 0 Å². The zero-order valence-electron chi connectivity index (χ0n) is 11.5. The van der Waals surface area contributed by atoms with Crippen LogP contribution in [-0.4, -0.2) is 48.8 Å². The summed E-state index contributed by atoms with van der Waals surface area (Å²) in [6, 6.07) is 8.64. The number of anilines is 1. The number of benzene rings is 1. The molecule has 0 spiro atoms. The monoisotopic (exact) mass is 334 g/mol. The van der Waals surface area contributed by atoms with Crippen LogP contribution < -0.4 is 4.90 Å². The molecule has 1 aromatic carbocycles. The zero-order valence-corrected chi connectivity index (χ0v) is 14.3. The number of rotatable bonds is 4. The van der Waals surface area contributed by atoms with Crippen molar-refractivity contribution >= 4 is 5.69 Å². The molecule has 1 N–H and O–H groups in total. The van der Waals surface area contributed by atoms with Gasteiger partial charge < -0.3 is 16.6 Å². The van der Waals surface area contributed by atoms with Gasteiger partial charge in [0.15, 0.2) is 0 Å². The second kappa shape index (κ2) is 8.16. The first kappa shape index (κ1) is 16.8. The molecule has 0 amide bonds. The number of aryl methyl sites for hydroxylation is 1. The first-order valence-electron chi connectivity index (χ1n) is 6.46. The molecule has 1 atom stereocenters. The van der Waals surface area contributed by atoms with E-state index in [1.165, 1.54) is 17.3 Å². The van der Waals surface area contributed by atoms with E-state index in [9.17, 15) is 5.11 Å². The maximum Gasteiger partial charge on any atom is 0.0531 e. The average molecular weight is 334 g/mol. The van der Waals surface area contributed by atoms with E-state index in [1.54, 1.807) is 0 Å². The van der Waals surface area contributed by atoms with Gasteiger partial charge in [0.1, 0.15) is 0 Å². The summed E-state index contributed by atoms with van der Waals surface area (Å²) in [7, 11) is 0. The van der Waals surface area contributed by atoms with E-state index in [0.29, 0.717) is 6.54 Å². The summed E-state index contributed by atoms with van der Waals surface area (Å²) in [5.41, 5.74) is 2.57. The first-order chi connectivity index (χ1) is 8.69. The number of hydrogen-bond acceptors (Lipinski definition) is 3. The fourth-order valence-electron chi connectivity index (χ4n) is 2.27. The summed E-state index contributed by atoms with van der Waals surface area (Å²) >= 11 is 0. The molecule has 2 rings (SSSR count). The number of β-amino-alcohol motifs (C(OH)–C–C–N with tert-alkyl or cyclic N) is 1. The van der Waals surface area contributed by atoms with Gasteiger partial charge in [-0.3, -0.25) is 4.90 Å². The van der Waals surface area contributed by atoms with E-state index in [2.05, 4.69) is 41.0 Å². The second-order valence-corrected chi connectivity index (χ2v) is 4.88. The maximum atomic E-state index is 9.49. The summed E-state index contributed by atoms with van der Waals surface area (Å²) in [6.07, 6.45) is 0.836. The molecular formula is C15H21N2OY-. The third-order valence-electron chi connectivity index (χ3n) is 3.44. The van der Waals surface area contributed by atoms with E-state index in [4.69, 9.17) is 6.58 Å². The number of hydrogen-bond donors (Lipinski definition) is 1. The Morgan fingerprint density at radius 3 is 2.32 bits per heavy atom. The van der Waals surface area contributed by atoms with Gasteiger partial charge in [-0.2, -0.15) is 0 Å². The van der Waals surface area contributed by atoms with Gasteiger partial charge >= 0.3 is 0 Å². The maximum absolute atomic E-state index is 9.49. The summed E-state index contributed by atoms with van der Waals surface area (Å²) < 4.78 is 0. The van der Waals surface area contributed by atoms with E-state index < -0.39 is 6.10 Å². The van der Waals surface area contributed by atoms with Crippen molar-refractivity contribution in [3.63, 3.8) is 0 Å². The van der Waals surface area contributed by atoms with Crippen molar-refractivity contribution in [2.45, 2.75) is 13.0 Å². The van der Waals surface area contributed by atoms with Crippen molar-refractivity contribution in [2.75, 3.05) is 37.6 Å². The minimum Gasteiger partial charge on any atom is -0.515 e. The average Bonchev–Trinajstić information content (AvgIpc) is 2.40. The summed E-state index contributed by atoms with van der Waals surface area (Å²) in [6.45, 7) is 12.0. The molecule has 4 heteroatoms. The topological polar surface area (TPSA) is 26.7 Å². The van der Waals surface area contributed by atoms with Crippen LogP contribution in [0.15, 0.2) is 30.3 Å². The molecule has 3 nitrogen and oxygen atoms in total. The number of nitrogens with zero attached hydrogens (tertiary/aromatic N) is 2. The van der Waals surface area contributed by atoms with Crippen LogP contribution in [0.1, 0.15) is 5.56 Å². The molecular weight excluding hydrogens is 313 g/mol. The molecule has 19 heavy (non-hydrogen) atoms. The largest absolute Gasteiger partial charge is 0.515 e. The molecule has 1 heterocycles. The number of piperazine rings is 1. The van der Waals surface area contributed by atoms with Gasteiger partial charge in [0.05, 0.1) is 6.10 Å². The molecule has 1 radical (unpaired) electrons. The number of aliphatic hydroxyl groups is 1. The van der Waals surface area contributed by atoms with Crippen LogP contribution in [0.4, 0.5) is 5.69 Å². The van der Waals surface area contributed by atoms with Crippen LogP contribution in [0, 0.1) is 13.5 Å². The van der Waals surface area contributed by atoms with E-state index in [1.807, 2.05) is 0 Å². The Kier molecular flexibility index (Phi) is 7.23. The van der Waals surface area contributed by atoms with Crippen LogP contribution in [-0.2, 0) is 32.7 Å². The molecule has 101 valence electrons. The van der Waals surface area contributed by atoms with E-state index in [0.717, 1.165) is 26.2 Å². The standard InChI is InChI=1S/C15H21N2O.Y/c1-3-15(18)12-16-8-10-17(11-9-16)14-6-4-13(2)5-7-14;/h1,3-7,15,18H,8-12H2,2H3;/q-1;. The number of aliphatic hydroxyl groups excluding tert-OH is 1. The van der Waals surface area contributed by atoms with Gasteiger partial charge in [-0.05, 0) is 19.1 Å². The molecule has 0 saturated carbocycles. The van der Waals surface area contributed by atoms with Gasteiger partial charge in [-0.1, -0.05) is 17.7 Å². The molecule has 1 unspecified atom stereocenters. The molecule has 0 aromatic heterocycles. The van der Waals surface area contributed by atoms with Crippen LogP contribution in [0.5, 0.6) is 0 Å². The Labute approximate surface area is 141 Å². The third-order valence-corrected chi connectivity index (χ3v) is 3.44. The molecule has 1 saturated heterocycles. The first-order valence-corrected chi connectivity index (χ1v) is 6.46. The minimum atomic E-state index is -0.518. The summed E-state index contributed by atoms with van der Waals surface area (Å²) in [5, 5.41) is 9.49. The van der Waals surface area contributed by atoms with Crippen molar-refractivity contribution in [3.8, 4) is 0 Å². The Hall–Kier alpha value is -0.216. The predicted octanol–water partition coefficient (Wildman–Crippen LogP) is 1.46. The normalized spacial score (nSPS) is 17.7. The van der Waals surface area contributed by atoms with Crippen LogP contribution >= 0.6 is 0 Å². The fraction of sp³-hybridized carbons (Fsp3) is 0.467. The third kappa shape index (κ3) is 4.99. The van der Waals surface area contributed by atoms with Crippen molar-refractivity contribution < 1.29 is 37.8 Å². The predicted molar refractivity (Wildman–Crippen MR) is 74.7 cm³/mol. The Morgan fingerprint density at radius 2 is 1.79 bits per heavy atom. The zero-order chi connectivity index (χ0) is 13.0. The van der Waals surface area contributed by atoms with Gasteiger partial charge in [-0.15, -0.1) is 0 Å². The van der Waals surface area contributed by atoms with Crippen molar-refractivity contribution in [2.24, 2.45) is 0 Å². The van der Waals surface area contributed by atoms with Crippen LogP contribution in [0.25, 0.3) is 0 Å². The molecule has 0 aliphatic carbocycles. The Balaban J connectivity index is 0.00000180. The Morgan fingerprint density at radius 1 is 1.21 bits per heavy atom. The summed E-state index contributed by atoms with van der Waals surface area (Å²) in [5.74, 6) is 0. The van der Waals surface area contributed by atoms with Gasteiger partial charge in [-0.25, -0.2) is 6.08 Å². The summed E-state index contributed by atoms with van der Waals surface area (Å²) in [4.78, 5) is 4.63. The van der Waals surface area contributed by atoms with Gasteiger partial charge in [0, 0.05) is 71.1 Å². The van der Waals surface area contributed by atoms with Crippen LogP contribution in [0.2, 0.25) is 0 Å². The van der Waals surface area contributed by atoms with Crippen molar-refractivity contribution in [1.29, 1.82) is 0 Å². The van der Waals surface area contributed by atoms with Gasteiger partial charge in [0.2, 0.25) is 0 Å². The smallest absolute Gasteiger partial charge is 0.0531 e. The molecule has 1 aliphatic rings. The molecule has 1 aromatic rings. The molecule has 1 fully saturated rings. The second-order valence-electron chi connectivity index (χ2n) is 4.88. The SMILES string of the molecule is [CH-]=CC(O)CN1CCN(c2ccc(C)cc2)CC1.[Y]. The van der Waals surface area contributed by atoms with Crippen LogP contribution in [0.3, 0.4) is 0 Å². The van der Waals surface area contributed by atoms with Crippen molar-refractivity contribution in [3.05, 3.63) is 42.5 Å². The quantitative estimate of drug-likeness (QED) is 0.845. The minimum absolute atomic E-state index is 0. The molecule has 1 aliphatic heterocycles. The van der Waals surface area contributed by atoms with Crippen molar-refractivity contribution in [1.82, 2.24) is 4.90 Å².